The zero-order valence-electron chi connectivity index (χ0n) is 10.5. The summed E-state index contributed by atoms with van der Waals surface area (Å²) in [7, 11) is 0. The minimum absolute atomic E-state index is 0.150. The molecule has 0 unspecified atom stereocenters. The molecule has 3 aromatic heterocycles. The van der Waals surface area contributed by atoms with Crippen LogP contribution in [0.25, 0.3) is 28.2 Å². The molecule has 0 saturated carbocycles. The van der Waals surface area contributed by atoms with E-state index < -0.39 is 0 Å². The van der Waals surface area contributed by atoms with Crippen LogP contribution in [0.1, 0.15) is 0 Å². The van der Waals surface area contributed by atoms with Crippen LogP contribution >= 0.6 is 11.6 Å². The van der Waals surface area contributed by atoms with E-state index >= 15 is 0 Å². The molecule has 0 fully saturated rings. The van der Waals surface area contributed by atoms with Crippen LogP contribution in [-0.2, 0) is 0 Å². The first-order valence-corrected chi connectivity index (χ1v) is 6.42. The lowest BCUT2D eigenvalue weighted by Crippen LogP contribution is -1.98. The topological polar surface area (TPSA) is 82.5 Å². The van der Waals surface area contributed by atoms with Crippen molar-refractivity contribution in [2.45, 2.75) is 0 Å². The quantitative estimate of drug-likeness (QED) is 0.529. The summed E-state index contributed by atoms with van der Waals surface area (Å²) in [5, 5.41) is 8.26. The Balaban J connectivity index is 1.89. The van der Waals surface area contributed by atoms with Gasteiger partial charge in [0, 0.05) is 5.56 Å². The summed E-state index contributed by atoms with van der Waals surface area (Å²) in [6.45, 7) is 0. The Morgan fingerprint density at radius 1 is 1.19 bits per heavy atom. The van der Waals surface area contributed by atoms with Gasteiger partial charge in [-0.15, -0.1) is 5.10 Å². The predicted octanol–water partition coefficient (Wildman–Crippen LogP) is 2.52. The van der Waals surface area contributed by atoms with Gasteiger partial charge in [0.2, 0.25) is 5.28 Å². The van der Waals surface area contributed by atoms with E-state index in [0.717, 1.165) is 11.3 Å². The van der Waals surface area contributed by atoms with Crippen molar-refractivity contribution in [2.75, 3.05) is 0 Å². The van der Waals surface area contributed by atoms with E-state index in [1.54, 1.807) is 10.9 Å². The Kier molecular flexibility index (Phi) is 2.65. The number of fused-ring (bicyclic) bond motifs is 1. The summed E-state index contributed by atoms with van der Waals surface area (Å²) in [6.07, 6.45) is 4.58. The van der Waals surface area contributed by atoms with Crippen LogP contribution in [0.5, 0.6) is 0 Å². The lowest BCUT2D eigenvalue weighted by molar-refractivity contribution is 0.572. The van der Waals surface area contributed by atoms with Crippen LogP contribution in [0.3, 0.4) is 0 Å². The lowest BCUT2D eigenvalue weighted by atomic mass is 10.1. The molecule has 0 saturated heterocycles. The summed E-state index contributed by atoms with van der Waals surface area (Å²) in [6, 6.07) is 7.61. The zero-order chi connectivity index (χ0) is 14.2. The van der Waals surface area contributed by atoms with Crippen LogP contribution in [0.2, 0.25) is 5.28 Å². The monoisotopic (exact) mass is 298 g/mol. The molecule has 4 rings (SSSR count). The van der Waals surface area contributed by atoms with Crippen molar-refractivity contribution in [1.82, 2.24) is 29.9 Å². The number of halogens is 1. The average Bonchev–Trinajstić information content (AvgIpc) is 3.16. The Bertz CT molecular complexity index is 917. The van der Waals surface area contributed by atoms with E-state index in [4.69, 9.17) is 16.0 Å². The Labute approximate surface area is 123 Å². The second-order valence-corrected chi connectivity index (χ2v) is 4.60. The highest BCUT2D eigenvalue weighted by Gasteiger charge is 2.11. The zero-order valence-corrected chi connectivity index (χ0v) is 11.3. The lowest BCUT2D eigenvalue weighted by Gasteiger charge is -2.03. The Morgan fingerprint density at radius 3 is 3.00 bits per heavy atom. The van der Waals surface area contributed by atoms with Crippen LogP contribution in [-0.4, -0.2) is 29.9 Å². The maximum absolute atomic E-state index is 5.83. The van der Waals surface area contributed by atoms with Gasteiger partial charge in [0.1, 0.15) is 0 Å². The first kappa shape index (κ1) is 12.0. The molecule has 8 heteroatoms. The van der Waals surface area contributed by atoms with Crippen molar-refractivity contribution < 1.29 is 4.42 Å². The molecular weight excluding hydrogens is 292 g/mol. The third kappa shape index (κ3) is 2.03. The number of oxazole rings is 1. The van der Waals surface area contributed by atoms with Crippen LogP contribution < -0.4 is 0 Å². The summed E-state index contributed by atoms with van der Waals surface area (Å²) < 4.78 is 6.90. The van der Waals surface area contributed by atoms with Gasteiger partial charge in [0.05, 0.1) is 18.1 Å². The second-order valence-electron chi connectivity index (χ2n) is 4.27. The second kappa shape index (κ2) is 4.64. The molecule has 0 N–H and O–H groups in total. The van der Waals surface area contributed by atoms with E-state index in [-0.39, 0.29) is 5.28 Å². The molecule has 3 heterocycles. The summed E-state index contributed by atoms with van der Waals surface area (Å²) >= 11 is 5.83. The highest BCUT2D eigenvalue weighted by molar-refractivity contribution is 6.28. The number of aromatic nitrogens is 6. The largest absolute Gasteiger partial charge is 0.444 e. The van der Waals surface area contributed by atoms with Crippen molar-refractivity contribution >= 4 is 22.8 Å². The van der Waals surface area contributed by atoms with E-state index in [1.165, 1.54) is 12.6 Å². The van der Waals surface area contributed by atoms with Gasteiger partial charge in [0.25, 0.3) is 0 Å². The molecule has 7 nitrogen and oxygen atoms in total. The van der Waals surface area contributed by atoms with Crippen LogP contribution in [0, 0.1) is 0 Å². The molecule has 1 aromatic carbocycles. The van der Waals surface area contributed by atoms with E-state index in [1.807, 2.05) is 24.3 Å². The molecule has 21 heavy (non-hydrogen) atoms. The first-order valence-electron chi connectivity index (χ1n) is 6.04. The summed E-state index contributed by atoms with van der Waals surface area (Å²) in [5.41, 5.74) is 2.80. The van der Waals surface area contributed by atoms with Gasteiger partial charge >= 0.3 is 0 Å². The molecule has 0 aliphatic heterocycles. The van der Waals surface area contributed by atoms with E-state index in [2.05, 4.69) is 25.3 Å². The molecule has 4 aromatic rings. The van der Waals surface area contributed by atoms with Crippen molar-refractivity contribution in [3.8, 4) is 17.0 Å². The van der Waals surface area contributed by atoms with Gasteiger partial charge in [-0.3, -0.25) is 0 Å². The fourth-order valence-electron chi connectivity index (χ4n) is 2.03. The molecule has 102 valence electrons. The molecule has 0 atom stereocenters. The minimum atomic E-state index is 0.150. The van der Waals surface area contributed by atoms with Crippen LogP contribution in [0.4, 0.5) is 0 Å². The van der Waals surface area contributed by atoms with Gasteiger partial charge in [0.15, 0.2) is 23.3 Å². The minimum Gasteiger partial charge on any atom is -0.444 e. The van der Waals surface area contributed by atoms with Gasteiger partial charge in [-0.1, -0.05) is 17.3 Å². The fourth-order valence-corrected chi connectivity index (χ4v) is 2.16. The summed E-state index contributed by atoms with van der Waals surface area (Å²) in [4.78, 5) is 12.0. The Hall–Kier alpha value is -2.80. The molecule has 0 aliphatic rings. The Morgan fingerprint density at radius 2 is 2.14 bits per heavy atom. The van der Waals surface area contributed by atoms with Gasteiger partial charge in [-0.05, 0) is 23.7 Å². The van der Waals surface area contributed by atoms with E-state index in [9.17, 15) is 0 Å². The fraction of sp³-hybridized carbons (Fsp3) is 0. The van der Waals surface area contributed by atoms with Crippen molar-refractivity contribution in [3.63, 3.8) is 0 Å². The molecule has 0 radical (unpaired) electrons. The van der Waals surface area contributed by atoms with Crippen LogP contribution in [0.15, 0.2) is 47.5 Å². The number of hydrogen-bond donors (Lipinski definition) is 0. The number of rotatable bonds is 2. The van der Waals surface area contributed by atoms with Gasteiger partial charge in [-0.25, -0.2) is 9.97 Å². The predicted molar refractivity (Wildman–Crippen MR) is 75.0 cm³/mol. The molecule has 0 spiro atoms. The molecule has 0 aliphatic carbocycles. The SMILES string of the molecule is Clc1ncc2nnn(-c3cccc(-c4cnco4)c3)c2n1. The third-order valence-electron chi connectivity index (χ3n) is 2.97. The van der Waals surface area contributed by atoms with Crippen molar-refractivity contribution in [3.05, 3.63) is 48.3 Å². The normalized spacial score (nSPS) is 11.1. The van der Waals surface area contributed by atoms with Crippen molar-refractivity contribution in [1.29, 1.82) is 0 Å². The van der Waals surface area contributed by atoms with Gasteiger partial charge in [-0.2, -0.15) is 9.67 Å². The van der Waals surface area contributed by atoms with Gasteiger partial charge < -0.3 is 4.42 Å². The third-order valence-corrected chi connectivity index (χ3v) is 3.15. The summed E-state index contributed by atoms with van der Waals surface area (Å²) in [5.74, 6) is 0.675. The molecule has 0 bridgehead atoms. The highest BCUT2D eigenvalue weighted by atomic mass is 35.5. The maximum Gasteiger partial charge on any atom is 0.224 e. The standard InChI is InChI=1S/C13H7ClN6O/c14-13-16-5-10-12(17-13)20(19-18-10)9-3-1-2-8(4-9)11-6-15-7-21-11/h1-7H. The highest BCUT2D eigenvalue weighted by Crippen LogP contribution is 2.22. The van der Waals surface area contributed by atoms with Crippen molar-refractivity contribution in [2.24, 2.45) is 0 Å². The number of benzene rings is 1. The number of hydrogen-bond acceptors (Lipinski definition) is 6. The smallest absolute Gasteiger partial charge is 0.224 e. The maximum atomic E-state index is 5.83. The van der Waals surface area contributed by atoms with E-state index in [0.29, 0.717) is 16.9 Å². The molecular formula is C13H7ClN6O. The number of nitrogens with zero attached hydrogens (tertiary/aromatic N) is 6. The first-order chi connectivity index (χ1) is 10.3. The molecule has 0 amide bonds. The average molecular weight is 299 g/mol.